The van der Waals surface area contributed by atoms with Crippen LogP contribution in [0.4, 0.5) is 5.69 Å². The van der Waals surface area contributed by atoms with Crippen LogP contribution in [0.2, 0.25) is 0 Å². The number of carbonyl (C=O) groups excluding carboxylic acids is 2. The summed E-state index contributed by atoms with van der Waals surface area (Å²) >= 11 is 0. The molecule has 1 aliphatic rings. The van der Waals surface area contributed by atoms with Crippen LogP contribution in [-0.4, -0.2) is 28.6 Å². The molecule has 0 saturated heterocycles. The number of nitrogens with zero attached hydrogens (tertiary/aromatic N) is 2. The summed E-state index contributed by atoms with van der Waals surface area (Å²) in [4.78, 5) is 25.0. The Labute approximate surface area is 129 Å². The predicted octanol–water partition coefficient (Wildman–Crippen LogP) is 1.11. The smallest absolute Gasteiger partial charge is 0.323 e. The summed E-state index contributed by atoms with van der Waals surface area (Å²) < 4.78 is -0.622. The van der Waals surface area contributed by atoms with E-state index >= 15 is 0 Å². The molecule has 0 radical (unpaired) electrons. The summed E-state index contributed by atoms with van der Waals surface area (Å²) in [6, 6.07) is 5.91. The fraction of sp³-hybridized carbons (Fsp3) is 0.438. The molecule has 0 fully saturated rings. The van der Waals surface area contributed by atoms with Gasteiger partial charge in [-0.25, -0.2) is 9.59 Å². The third-order valence-electron chi connectivity index (χ3n) is 4.75. The second-order valence-corrected chi connectivity index (χ2v) is 6.22. The van der Waals surface area contributed by atoms with Crippen molar-refractivity contribution >= 4 is 17.5 Å². The van der Waals surface area contributed by atoms with Crippen molar-refractivity contribution in [2.24, 2.45) is 5.73 Å². The van der Waals surface area contributed by atoms with Crippen LogP contribution < -0.4 is 10.2 Å². The maximum Gasteiger partial charge on any atom is 0.323 e. The first-order chi connectivity index (χ1) is 10.1. The molecule has 116 valence electrons. The Bertz CT molecular complexity index is 689. The van der Waals surface area contributed by atoms with Gasteiger partial charge < -0.3 is 10.8 Å². The summed E-state index contributed by atoms with van der Waals surface area (Å²) in [5.41, 5.74) is 6.26. The van der Waals surface area contributed by atoms with Crippen LogP contribution in [-0.2, 0) is 9.59 Å². The van der Waals surface area contributed by atoms with E-state index in [1.807, 2.05) is 6.07 Å². The Morgan fingerprint density at radius 1 is 1.32 bits per heavy atom. The summed E-state index contributed by atoms with van der Waals surface area (Å²) in [6.45, 7) is 5.96. The van der Waals surface area contributed by atoms with Crippen LogP contribution in [0, 0.1) is 11.3 Å². The van der Waals surface area contributed by atoms with Gasteiger partial charge in [0, 0.05) is 11.6 Å². The summed E-state index contributed by atoms with van der Waals surface area (Å²) in [5.74, 6) is -0.788. The number of nitrogens with two attached hydrogens (primary N) is 1. The fourth-order valence-electron chi connectivity index (χ4n) is 3.69. The van der Waals surface area contributed by atoms with Gasteiger partial charge in [0.25, 0.3) is 0 Å². The van der Waals surface area contributed by atoms with E-state index < -0.39 is 34.0 Å². The van der Waals surface area contributed by atoms with Crippen LogP contribution in [0.15, 0.2) is 18.2 Å². The van der Waals surface area contributed by atoms with E-state index in [0.29, 0.717) is 16.8 Å². The van der Waals surface area contributed by atoms with E-state index in [9.17, 15) is 14.7 Å². The molecule has 0 saturated carbocycles. The first-order valence-corrected chi connectivity index (χ1v) is 7.02. The second-order valence-electron chi connectivity index (χ2n) is 6.22. The molecule has 2 amide bonds. The number of imide groups is 1. The van der Waals surface area contributed by atoms with Gasteiger partial charge in [-0.15, -0.1) is 0 Å². The lowest BCUT2D eigenvalue weighted by atomic mass is 9.77. The number of rotatable bonds is 0. The third-order valence-corrected chi connectivity index (χ3v) is 4.75. The zero-order chi connectivity index (χ0) is 16.9. The number of aliphatic hydroxyl groups is 1. The highest BCUT2D eigenvalue weighted by Gasteiger charge is 2.63. The van der Waals surface area contributed by atoms with Crippen LogP contribution in [0.5, 0.6) is 0 Å². The van der Waals surface area contributed by atoms with E-state index in [0.717, 1.165) is 0 Å². The molecule has 1 aliphatic heterocycles. The lowest BCUT2D eigenvalue weighted by Crippen LogP contribution is -2.75. The normalized spacial score (nSPS) is 25.0. The molecular weight excluding hydrogens is 282 g/mol. The van der Waals surface area contributed by atoms with Gasteiger partial charge >= 0.3 is 11.8 Å². The molecule has 1 heterocycles. The molecule has 0 aromatic heterocycles. The Morgan fingerprint density at radius 3 is 2.32 bits per heavy atom. The number of hydrogen-bond acceptors (Lipinski definition) is 5. The average molecular weight is 302 g/mol. The van der Waals surface area contributed by atoms with Crippen LogP contribution in [0.25, 0.3) is 0 Å². The number of fused-ring (bicyclic) bond motifs is 1. The van der Waals surface area contributed by atoms with Gasteiger partial charge in [-0.05, 0) is 26.0 Å². The number of aliphatic hydroxyl groups excluding tert-OH is 1. The molecule has 6 heteroatoms. The molecule has 22 heavy (non-hydrogen) atoms. The maximum atomic E-state index is 12.5. The number of benzene rings is 1. The first-order valence-electron chi connectivity index (χ1n) is 7.02. The molecule has 6 nitrogen and oxygen atoms in total. The Balaban J connectivity index is 2.95. The number of carbonyl (C=O) groups is 2. The summed E-state index contributed by atoms with van der Waals surface area (Å²) in [7, 11) is 0. The molecule has 2 atom stereocenters. The van der Waals surface area contributed by atoms with E-state index in [1.54, 1.807) is 26.0 Å². The molecule has 0 aliphatic carbocycles. The van der Waals surface area contributed by atoms with Gasteiger partial charge in [0.2, 0.25) is 0 Å². The summed E-state index contributed by atoms with van der Waals surface area (Å²) in [5, 5.41) is 19.7. The van der Waals surface area contributed by atoms with Crippen molar-refractivity contribution in [3.63, 3.8) is 0 Å². The molecule has 2 rings (SSSR count). The van der Waals surface area contributed by atoms with Crippen molar-refractivity contribution in [3.8, 4) is 6.07 Å². The standard InChI is InChI=1S/C16H20N3O3/c1-9(20)19(10(2)21)13-6-5-11(8-17)7-12(13)14(18)15(22)16(19,3)4/h5-7,14-15,22H,18H2,1-4H3/q+1. The molecule has 3 N–H and O–H groups in total. The minimum Gasteiger partial charge on any atom is -0.385 e. The van der Waals surface area contributed by atoms with E-state index in [1.165, 1.54) is 19.9 Å². The SMILES string of the molecule is CC(=O)[N+]1(C(C)=O)c2ccc(C#N)cc2C(N)C(O)C1(C)C. The van der Waals surface area contributed by atoms with E-state index in [2.05, 4.69) is 0 Å². The highest BCUT2D eigenvalue weighted by Crippen LogP contribution is 2.47. The maximum absolute atomic E-state index is 12.5. The zero-order valence-electron chi connectivity index (χ0n) is 13.1. The molecule has 0 bridgehead atoms. The van der Waals surface area contributed by atoms with Gasteiger partial charge in [0.05, 0.1) is 31.5 Å². The minimum atomic E-state index is -1.11. The number of quaternary nitrogens is 1. The van der Waals surface area contributed by atoms with Gasteiger partial charge in [0.15, 0.2) is 5.69 Å². The largest absolute Gasteiger partial charge is 0.385 e. The number of hydrogen-bond donors (Lipinski definition) is 2. The van der Waals surface area contributed by atoms with Crippen molar-refractivity contribution in [1.82, 2.24) is 4.48 Å². The number of nitriles is 1. The lowest BCUT2D eigenvalue weighted by Gasteiger charge is -2.51. The molecule has 1 aromatic carbocycles. The Morgan fingerprint density at radius 2 is 1.86 bits per heavy atom. The van der Waals surface area contributed by atoms with Crippen molar-refractivity contribution in [3.05, 3.63) is 29.3 Å². The van der Waals surface area contributed by atoms with Crippen molar-refractivity contribution in [1.29, 1.82) is 5.26 Å². The highest BCUT2D eigenvalue weighted by atomic mass is 16.3. The number of amides is 2. The summed E-state index contributed by atoms with van der Waals surface area (Å²) in [6.07, 6.45) is -1.11. The Hall–Kier alpha value is -2.07. The molecular formula is C16H20N3O3+. The van der Waals surface area contributed by atoms with Gasteiger partial charge in [-0.2, -0.15) is 9.74 Å². The van der Waals surface area contributed by atoms with Crippen molar-refractivity contribution in [2.75, 3.05) is 0 Å². The third kappa shape index (κ3) is 1.77. The first kappa shape index (κ1) is 16.3. The highest BCUT2D eigenvalue weighted by molar-refractivity contribution is 6.09. The zero-order valence-corrected chi connectivity index (χ0v) is 13.1. The molecule has 0 spiro atoms. The van der Waals surface area contributed by atoms with Gasteiger partial charge in [-0.1, -0.05) is 0 Å². The van der Waals surface area contributed by atoms with Crippen molar-refractivity contribution in [2.45, 2.75) is 45.4 Å². The molecule has 1 aromatic rings. The van der Waals surface area contributed by atoms with Crippen LogP contribution >= 0.6 is 0 Å². The average Bonchev–Trinajstić information content (AvgIpc) is 2.44. The van der Waals surface area contributed by atoms with E-state index in [-0.39, 0.29) is 0 Å². The Kier molecular flexibility index (Phi) is 3.70. The monoisotopic (exact) mass is 302 g/mol. The lowest BCUT2D eigenvalue weighted by molar-refractivity contribution is -0.154. The molecule has 2 unspecified atom stereocenters. The second kappa shape index (κ2) is 4.99. The predicted molar refractivity (Wildman–Crippen MR) is 81.3 cm³/mol. The van der Waals surface area contributed by atoms with Crippen LogP contribution in [0.1, 0.15) is 44.9 Å². The van der Waals surface area contributed by atoms with Gasteiger partial charge in [-0.3, -0.25) is 0 Å². The van der Waals surface area contributed by atoms with Crippen molar-refractivity contribution < 1.29 is 14.7 Å². The quantitative estimate of drug-likeness (QED) is 0.699. The van der Waals surface area contributed by atoms with Crippen LogP contribution in [0.3, 0.4) is 0 Å². The van der Waals surface area contributed by atoms with Gasteiger partial charge in [0.1, 0.15) is 11.6 Å². The topological polar surface area (TPSA) is 104 Å². The fourth-order valence-corrected chi connectivity index (χ4v) is 3.69. The van der Waals surface area contributed by atoms with E-state index in [4.69, 9.17) is 11.0 Å². The minimum absolute atomic E-state index is 0.367.